The Bertz CT molecular complexity index is 863. The molecule has 1 N–H and O–H groups in total. The maximum atomic E-state index is 13.5. The number of rotatable bonds is 9. The molecule has 0 spiro atoms. The monoisotopic (exact) mass is 392 g/mol. The Balaban J connectivity index is 1.89. The third kappa shape index (κ3) is 5.61. The summed E-state index contributed by atoms with van der Waals surface area (Å²) in [5.74, 6) is -0.492. The molecule has 7 heteroatoms. The maximum Gasteiger partial charge on any atom is 0.243 e. The molecule has 0 radical (unpaired) electrons. The van der Waals surface area contributed by atoms with E-state index in [1.54, 1.807) is 56.3 Å². The van der Waals surface area contributed by atoms with E-state index in [-0.39, 0.29) is 23.0 Å². The second-order valence-electron chi connectivity index (χ2n) is 6.10. The molecule has 27 heavy (non-hydrogen) atoms. The molecule has 0 aliphatic rings. The maximum absolute atomic E-state index is 13.5. The molecule has 5 nitrogen and oxygen atoms in total. The predicted octanol–water partition coefficient (Wildman–Crippen LogP) is 3.11. The van der Waals surface area contributed by atoms with E-state index < -0.39 is 10.0 Å². The Hall–Kier alpha value is -2.25. The van der Waals surface area contributed by atoms with Gasteiger partial charge in [-0.05, 0) is 35.7 Å². The summed E-state index contributed by atoms with van der Waals surface area (Å²) in [7, 11) is -3.48. The fourth-order valence-electron chi connectivity index (χ4n) is 2.73. The molecule has 1 amide bonds. The third-order valence-electron chi connectivity index (χ3n) is 4.34. The van der Waals surface area contributed by atoms with Crippen LogP contribution in [0.2, 0.25) is 0 Å². The molecule has 2 aromatic rings. The molecule has 0 atom stereocenters. The van der Waals surface area contributed by atoms with Crippen molar-refractivity contribution in [2.45, 2.75) is 38.1 Å². The quantitative estimate of drug-likeness (QED) is 0.713. The van der Waals surface area contributed by atoms with Crippen LogP contribution in [0, 0.1) is 5.82 Å². The van der Waals surface area contributed by atoms with Gasteiger partial charge in [0.05, 0.1) is 4.90 Å². The molecule has 2 rings (SSSR count). The number of halogens is 1. The highest BCUT2D eigenvalue weighted by atomic mass is 32.2. The van der Waals surface area contributed by atoms with E-state index in [1.807, 2.05) is 0 Å². The van der Waals surface area contributed by atoms with E-state index in [0.717, 1.165) is 5.56 Å². The zero-order valence-corrected chi connectivity index (χ0v) is 16.4. The average Bonchev–Trinajstić information content (AvgIpc) is 2.67. The van der Waals surface area contributed by atoms with Gasteiger partial charge in [0.2, 0.25) is 15.9 Å². The number of amides is 1. The summed E-state index contributed by atoms with van der Waals surface area (Å²) in [6, 6.07) is 12.9. The Morgan fingerprint density at radius 1 is 1.04 bits per heavy atom. The van der Waals surface area contributed by atoms with Crippen LogP contribution in [0.5, 0.6) is 0 Å². The Kier molecular flexibility index (Phi) is 7.50. The first-order valence-electron chi connectivity index (χ1n) is 8.97. The van der Waals surface area contributed by atoms with Gasteiger partial charge in [-0.1, -0.05) is 44.2 Å². The Labute approximate surface area is 160 Å². The molecule has 146 valence electrons. The molecule has 0 unspecified atom stereocenters. The normalized spacial score (nSPS) is 11.6. The lowest BCUT2D eigenvalue weighted by molar-refractivity contribution is -0.121. The van der Waals surface area contributed by atoms with E-state index in [1.165, 1.54) is 10.4 Å². The van der Waals surface area contributed by atoms with Crippen LogP contribution >= 0.6 is 0 Å². The van der Waals surface area contributed by atoms with Crippen LogP contribution in [0.15, 0.2) is 53.4 Å². The van der Waals surface area contributed by atoms with Gasteiger partial charge in [-0.2, -0.15) is 4.31 Å². The second kappa shape index (κ2) is 9.62. The van der Waals surface area contributed by atoms with Crippen LogP contribution in [0.3, 0.4) is 0 Å². The summed E-state index contributed by atoms with van der Waals surface area (Å²) in [5.41, 5.74) is 1.31. The van der Waals surface area contributed by atoms with Crippen molar-refractivity contribution in [3.05, 3.63) is 65.5 Å². The molecule has 0 saturated carbocycles. The number of carbonyl (C=O) groups excluding carboxylic acids is 1. The lowest BCUT2D eigenvalue weighted by Crippen LogP contribution is -2.30. The molecule has 0 fully saturated rings. The Morgan fingerprint density at radius 2 is 1.67 bits per heavy atom. The molecule has 0 heterocycles. The van der Waals surface area contributed by atoms with Crippen LogP contribution in [-0.2, 0) is 27.8 Å². The second-order valence-corrected chi connectivity index (χ2v) is 8.04. The minimum absolute atomic E-state index is 0.182. The van der Waals surface area contributed by atoms with E-state index in [2.05, 4.69) is 5.32 Å². The van der Waals surface area contributed by atoms with Crippen molar-refractivity contribution in [1.82, 2.24) is 9.62 Å². The number of hydrogen-bond donors (Lipinski definition) is 1. The molecule has 0 bridgehead atoms. The summed E-state index contributed by atoms with van der Waals surface area (Å²) >= 11 is 0. The number of carbonyl (C=O) groups is 1. The SMILES string of the molecule is CCN(CC)S(=O)(=O)c1ccc(CNC(=O)CCc2ccccc2F)cc1. The van der Waals surface area contributed by atoms with Crippen LogP contribution in [-0.4, -0.2) is 31.7 Å². The smallest absolute Gasteiger partial charge is 0.243 e. The van der Waals surface area contributed by atoms with Crippen LogP contribution in [0.25, 0.3) is 0 Å². The molecular weight excluding hydrogens is 367 g/mol. The van der Waals surface area contributed by atoms with E-state index >= 15 is 0 Å². The number of aryl methyl sites for hydroxylation is 1. The first-order chi connectivity index (χ1) is 12.9. The number of benzene rings is 2. The summed E-state index contributed by atoms with van der Waals surface area (Å²) in [6.07, 6.45) is 0.523. The summed E-state index contributed by atoms with van der Waals surface area (Å²) in [4.78, 5) is 12.2. The van der Waals surface area contributed by atoms with Crippen LogP contribution < -0.4 is 5.32 Å². The predicted molar refractivity (Wildman–Crippen MR) is 103 cm³/mol. The number of hydrogen-bond acceptors (Lipinski definition) is 3. The van der Waals surface area contributed by atoms with Crippen LogP contribution in [0.4, 0.5) is 4.39 Å². The van der Waals surface area contributed by atoms with Gasteiger partial charge >= 0.3 is 0 Å². The van der Waals surface area contributed by atoms with E-state index in [4.69, 9.17) is 0 Å². The van der Waals surface area contributed by atoms with Crippen molar-refractivity contribution in [3.63, 3.8) is 0 Å². The van der Waals surface area contributed by atoms with Crippen molar-refractivity contribution in [2.24, 2.45) is 0 Å². The first-order valence-corrected chi connectivity index (χ1v) is 10.4. The largest absolute Gasteiger partial charge is 0.352 e. The van der Waals surface area contributed by atoms with Crippen molar-refractivity contribution < 1.29 is 17.6 Å². The zero-order chi connectivity index (χ0) is 19.9. The Morgan fingerprint density at radius 3 is 2.26 bits per heavy atom. The number of nitrogens with one attached hydrogen (secondary N) is 1. The summed E-state index contributed by atoms with van der Waals surface area (Å²) in [5, 5.41) is 2.77. The summed E-state index contributed by atoms with van der Waals surface area (Å²) in [6.45, 7) is 4.72. The summed E-state index contributed by atoms with van der Waals surface area (Å²) < 4.78 is 39.8. The van der Waals surface area contributed by atoms with Gasteiger partial charge in [-0.15, -0.1) is 0 Å². The lowest BCUT2D eigenvalue weighted by Gasteiger charge is -2.18. The van der Waals surface area contributed by atoms with Gasteiger partial charge in [-0.3, -0.25) is 4.79 Å². The fourth-order valence-corrected chi connectivity index (χ4v) is 4.19. The highest BCUT2D eigenvalue weighted by Crippen LogP contribution is 2.16. The molecule has 0 aliphatic carbocycles. The lowest BCUT2D eigenvalue weighted by atomic mass is 10.1. The number of nitrogens with zero attached hydrogens (tertiary/aromatic N) is 1. The fraction of sp³-hybridized carbons (Fsp3) is 0.350. The van der Waals surface area contributed by atoms with Gasteiger partial charge < -0.3 is 5.32 Å². The van der Waals surface area contributed by atoms with Gasteiger partial charge in [0, 0.05) is 26.1 Å². The van der Waals surface area contributed by atoms with Crippen molar-refractivity contribution in [3.8, 4) is 0 Å². The minimum Gasteiger partial charge on any atom is -0.352 e. The minimum atomic E-state index is -3.48. The van der Waals surface area contributed by atoms with E-state index in [9.17, 15) is 17.6 Å². The van der Waals surface area contributed by atoms with Gasteiger partial charge in [0.15, 0.2) is 0 Å². The number of sulfonamides is 1. The van der Waals surface area contributed by atoms with Crippen molar-refractivity contribution in [1.29, 1.82) is 0 Å². The molecule has 2 aromatic carbocycles. The van der Waals surface area contributed by atoms with Gasteiger partial charge in [-0.25, -0.2) is 12.8 Å². The highest BCUT2D eigenvalue weighted by molar-refractivity contribution is 7.89. The van der Waals surface area contributed by atoms with Crippen molar-refractivity contribution >= 4 is 15.9 Å². The molecule has 0 saturated heterocycles. The highest BCUT2D eigenvalue weighted by Gasteiger charge is 2.21. The van der Waals surface area contributed by atoms with Crippen molar-refractivity contribution in [2.75, 3.05) is 13.1 Å². The third-order valence-corrected chi connectivity index (χ3v) is 6.40. The molecule has 0 aromatic heterocycles. The molecule has 0 aliphatic heterocycles. The topological polar surface area (TPSA) is 66.5 Å². The van der Waals surface area contributed by atoms with Crippen LogP contribution in [0.1, 0.15) is 31.4 Å². The van der Waals surface area contributed by atoms with E-state index in [0.29, 0.717) is 31.6 Å². The standard InChI is InChI=1S/C20H25FN2O3S/c1-3-23(4-2)27(25,26)18-12-9-16(10-13-18)15-22-20(24)14-11-17-7-5-6-8-19(17)21/h5-10,12-13H,3-4,11,14-15H2,1-2H3,(H,22,24). The van der Waals surface area contributed by atoms with Gasteiger partial charge in [0.25, 0.3) is 0 Å². The molecular formula is C20H25FN2O3S. The first kappa shape index (κ1) is 21.1. The zero-order valence-electron chi connectivity index (χ0n) is 15.6. The average molecular weight is 392 g/mol. The van der Waals surface area contributed by atoms with Gasteiger partial charge in [0.1, 0.15) is 5.82 Å².